The van der Waals surface area contributed by atoms with Crippen molar-refractivity contribution < 1.29 is 14.3 Å². The molecule has 4 heteroatoms. The molecule has 0 bridgehead atoms. The van der Waals surface area contributed by atoms with Crippen LogP contribution in [0.25, 0.3) is 0 Å². The van der Waals surface area contributed by atoms with Crippen molar-refractivity contribution in [3.05, 3.63) is 65.2 Å². The van der Waals surface area contributed by atoms with Crippen LogP contribution in [0.5, 0.6) is 5.75 Å². The van der Waals surface area contributed by atoms with Crippen LogP contribution in [0.4, 0.5) is 0 Å². The maximum atomic E-state index is 12.8. The first-order valence-corrected chi connectivity index (χ1v) is 10.2. The molecule has 4 nitrogen and oxygen atoms in total. The van der Waals surface area contributed by atoms with Crippen LogP contribution in [-0.4, -0.2) is 37.1 Å². The normalized spacial score (nSPS) is 21.8. The third-order valence-electron chi connectivity index (χ3n) is 5.94. The van der Waals surface area contributed by atoms with E-state index in [-0.39, 0.29) is 11.3 Å². The number of likely N-dealkylation sites (tertiary alicyclic amines) is 1. The summed E-state index contributed by atoms with van der Waals surface area (Å²) in [5.41, 5.74) is 3.59. The summed E-state index contributed by atoms with van der Waals surface area (Å²) in [6.45, 7) is 5.98. The van der Waals surface area contributed by atoms with E-state index in [0.717, 1.165) is 56.0 Å². The van der Waals surface area contributed by atoms with Gasteiger partial charge in [0.2, 0.25) is 5.91 Å². The highest BCUT2D eigenvalue weighted by Gasteiger charge is 2.41. The Balaban J connectivity index is 1.33. The molecule has 4 rings (SSSR count). The van der Waals surface area contributed by atoms with Gasteiger partial charge in [0.1, 0.15) is 12.4 Å². The fourth-order valence-electron chi connectivity index (χ4n) is 4.38. The van der Waals surface area contributed by atoms with E-state index in [1.54, 1.807) is 0 Å². The van der Waals surface area contributed by atoms with Crippen molar-refractivity contribution in [3.8, 4) is 5.75 Å². The van der Waals surface area contributed by atoms with Gasteiger partial charge in [-0.15, -0.1) is 0 Å². The largest absolute Gasteiger partial charge is 0.489 e. The SMILES string of the molecule is Cc1cccc(COc2cccc(CC(=O)N3CCC4(CCCOC4)C3)c2)c1. The predicted molar refractivity (Wildman–Crippen MR) is 109 cm³/mol. The number of benzene rings is 2. The van der Waals surface area contributed by atoms with Crippen LogP contribution in [0.3, 0.4) is 0 Å². The summed E-state index contributed by atoms with van der Waals surface area (Å²) < 4.78 is 11.6. The van der Waals surface area contributed by atoms with E-state index in [0.29, 0.717) is 13.0 Å². The summed E-state index contributed by atoms with van der Waals surface area (Å²) in [6, 6.07) is 16.2. The molecule has 1 atom stereocenters. The second-order valence-corrected chi connectivity index (χ2v) is 8.32. The first-order valence-electron chi connectivity index (χ1n) is 10.2. The van der Waals surface area contributed by atoms with Gasteiger partial charge >= 0.3 is 0 Å². The van der Waals surface area contributed by atoms with Crippen molar-refractivity contribution in [2.75, 3.05) is 26.3 Å². The standard InChI is InChI=1S/C24H29NO3/c1-19-5-2-7-21(13-19)16-28-22-8-3-6-20(14-22)15-23(26)25-11-10-24(17-25)9-4-12-27-18-24/h2-3,5-8,13-14H,4,9-12,15-18H2,1H3. The van der Waals surface area contributed by atoms with Crippen LogP contribution < -0.4 is 4.74 Å². The van der Waals surface area contributed by atoms with Gasteiger partial charge in [-0.2, -0.15) is 0 Å². The molecular formula is C24H29NO3. The Hall–Kier alpha value is -2.33. The molecule has 0 N–H and O–H groups in total. The third kappa shape index (κ3) is 4.56. The minimum absolute atomic E-state index is 0.201. The van der Waals surface area contributed by atoms with Crippen molar-refractivity contribution in [1.82, 2.24) is 4.90 Å². The number of rotatable bonds is 5. The van der Waals surface area contributed by atoms with Crippen molar-refractivity contribution in [1.29, 1.82) is 0 Å². The van der Waals surface area contributed by atoms with E-state index >= 15 is 0 Å². The molecule has 2 heterocycles. The monoisotopic (exact) mass is 379 g/mol. The molecule has 2 aromatic rings. The number of amides is 1. The zero-order valence-corrected chi connectivity index (χ0v) is 16.7. The molecule has 2 aromatic carbocycles. The van der Waals surface area contributed by atoms with Crippen molar-refractivity contribution >= 4 is 5.91 Å². The molecular weight excluding hydrogens is 350 g/mol. The van der Waals surface area contributed by atoms with E-state index in [2.05, 4.69) is 25.1 Å². The minimum Gasteiger partial charge on any atom is -0.489 e. The summed E-state index contributed by atoms with van der Waals surface area (Å²) in [4.78, 5) is 14.8. The van der Waals surface area contributed by atoms with E-state index in [9.17, 15) is 4.79 Å². The summed E-state index contributed by atoms with van der Waals surface area (Å²) in [7, 11) is 0. The fourth-order valence-corrected chi connectivity index (χ4v) is 4.38. The zero-order valence-electron chi connectivity index (χ0n) is 16.7. The lowest BCUT2D eigenvalue weighted by Gasteiger charge is -2.33. The lowest BCUT2D eigenvalue weighted by Crippen LogP contribution is -2.37. The number of hydrogen-bond donors (Lipinski definition) is 0. The number of hydrogen-bond acceptors (Lipinski definition) is 3. The summed E-state index contributed by atoms with van der Waals surface area (Å²) in [6.07, 6.45) is 3.79. The summed E-state index contributed by atoms with van der Waals surface area (Å²) in [5.74, 6) is 1.02. The molecule has 1 spiro atoms. The molecule has 148 valence electrons. The molecule has 2 saturated heterocycles. The maximum absolute atomic E-state index is 12.8. The van der Waals surface area contributed by atoms with Crippen LogP contribution in [0.2, 0.25) is 0 Å². The van der Waals surface area contributed by atoms with Gasteiger partial charge in [0, 0.05) is 25.1 Å². The summed E-state index contributed by atoms with van der Waals surface area (Å²) in [5, 5.41) is 0. The second-order valence-electron chi connectivity index (χ2n) is 8.32. The number of nitrogens with zero attached hydrogens (tertiary/aromatic N) is 1. The molecule has 0 radical (unpaired) electrons. The molecule has 1 unspecified atom stereocenters. The van der Waals surface area contributed by atoms with E-state index < -0.39 is 0 Å². The van der Waals surface area contributed by atoms with Crippen LogP contribution in [-0.2, 0) is 22.6 Å². The Labute approximate surface area is 167 Å². The van der Waals surface area contributed by atoms with E-state index in [1.165, 1.54) is 12.0 Å². The molecule has 0 aromatic heterocycles. The van der Waals surface area contributed by atoms with Crippen molar-refractivity contribution in [2.45, 2.75) is 39.2 Å². The molecule has 0 saturated carbocycles. The van der Waals surface area contributed by atoms with E-state index in [1.807, 2.05) is 35.2 Å². The molecule has 28 heavy (non-hydrogen) atoms. The van der Waals surface area contributed by atoms with Gasteiger partial charge in [0.05, 0.1) is 13.0 Å². The number of aryl methyl sites for hydroxylation is 1. The minimum atomic E-state index is 0.201. The van der Waals surface area contributed by atoms with Gasteiger partial charge in [-0.3, -0.25) is 4.79 Å². The van der Waals surface area contributed by atoms with Crippen LogP contribution in [0.15, 0.2) is 48.5 Å². The Morgan fingerprint density at radius 3 is 2.82 bits per heavy atom. The molecule has 2 aliphatic heterocycles. The molecule has 2 aliphatic rings. The van der Waals surface area contributed by atoms with E-state index in [4.69, 9.17) is 9.47 Å². The second kappa shape index (κ2) is 8.36. The Bertz CT molecular complexity index is 826. The Kier molecular flexibility index (Phi) is 5.67. The topological polar surface area (TPSA) is 38.8 Å². The Morgan fingerprint density at radius 2 is 2.00 bits per heavy atom. The molecule has 1 amide bonds. The first kappa shape index (κ1) is 19.0. The first-order chi connectivity index (χ1) is 13.6. The van der Waals surface area contributed by atoms with Crippen LogP contribution in [0, 0.1) is 12.3 Å². The smallest absolute Gasteiger partial charge is 0.227 e. The van der Waals surface area contributed by atoms with Gasteiger partial charge < -0.3 is 14.4 Å². The quantitative estimate of drug-likeness (QED) is 0.784. The number of ether oxygens (including phenoxy) is 2. The van der Waals surface area contributed by atoms with Crippen LogP contribution >= 0.6 is 0 Å². The predicted octanol–water partition coefficient (Wildman–Crippen LogP) is 4.15. The average molecular weight is 380 g/mol. The highest BCUT2D eigenvalue weighted by Crippen LogP contribution is 2.38. The lowest BCUT2D eigenvalue weighted by molar-refractivity contribution is -0.130. The van der Waals surface area contributed by atoms with Gasteiger partial charge in [-0.05, 0) is 49.4 Å². The summed E-state index contributed by atoms with van der Waals surface area (Å²) >= 11 is 0. The van der Waals surface area contributed by atoms with Gasteiger partial charge in [-0.1, -0.05) is 42.0 Å². The Morgan fingerprint density at radius 1 is 1.14 bits per heavy atom. The molecule has 0 aliphatic carbocycles. The van der Waals surface area contributed by atoms with Gasteiger partial charge in [-0.25, -0.2) is 0 Å². The van der Waals surface area contributed by atoms with Crippen molar-refractivity contribution in [3.63, 3.8) is 0 Å². The fraction of sp³-hybridized carbons (Fsp3) is 0.458. The molecule has 2 fully saturated rings. The maximum Gasteiger partial charge on any atom is 0.227 e. The van der Waals surface area contributed by atoms with Crippen LogP contribution in [0.1, 0.15) is 36.0 Å². The lowest BCUT2D eigenvalue weighted by atomic mass is 9.82. The van der Waals surface area contributed by atoms with Crippen molar-refractivity contribution in [2.24, 2.45) is 5.41 Å². The number of carbonyl (C=O) groups excluding carboxylic acids is 1. The third-order valence-corrected chi connectivity index (χ3v) is 5.94. The highest BCUT2D eigenvalue weighted by molar-refractivity contribution is 5.79. The number of carbonyl (C=O) groups is 1. The highest BCUT2D eigenvalue weighted by atomic mass is 16.5. The van der Waals surface area contributed by atoms with Gasteiger partial charge in [0.15, 0.2) is 0 Å². The zero-order chi connectivity index (χ0) is 19.4. The average Bonchev–Trinajstić information content (AvgIpc) is 3.11. The van der Waals surface area contributed by atoms with Gasteiger partial charge in [0.25, 0.3) is 0 Å².